The van der Waals surface area contributed by atoms with Gasteiger partial charge in [0.2, 0.25) is 0 Å². The molecule has 4 nitrogen and oxygen atoms in total. The van der Waals surface area contributed by atoms with E-state index in [4.69, 9.17) is 9.97 Å². The first-order chi connectivity index (χ1) is 16.5. The number of benzene rings is 3. The molecule has 35 heavy (non-hydrogen) atoms. The summed E-state index contributed by atoms with van der Waals surface area (Å²) in [6, 6.07) is 25.9. The number of rotatable bonds is 6. The van der Waals surface area contributed by atoms with Crippen molar-refractivity contribution in [3.05, 3.63) is 102 Å². The van der Waals surface area contributed by atoms with Crippen molar-refractivity contribution in [2.45, 2.75) is 32.6 Å². The van der Waals surface area contributed by atoms with E-state index in [1.807, 2.05) is 42.2 Å². The quantitative estimate of drug-likeness (QED) is 0.210. The first-order valence-corrected chi connectivity index (χ1v) is 11.7. The maximum absolute atomic E-state index is 10.2. The third kappa shape index (κ3) is 5.23. The van der Waals surface area contributed by atoms with Crippen LogP contribution in [0, 0.1) is 6.07 Å². The molecule has 0 radical (unpaired) electrons. The third-order valence-electron chi connectivity index (χ3n) is 6.29. The summed E-state index contributed by atoms with van der Waals surface area (Å²) in [7, 11) is 1.96. The third-order valence-corrected chi connectivity index (χ3v) is 6.29. The normalized spacial score (nSPS) is 11.1. The van der Waals surface area contributed by atoms with Crippen LogP contribution in [0.5, 0.6) is 5.75 Å². The van der Waals surface area contributed by atoms with Crippen molar-refractivity contribution in [1.29, 1.82) is 0 Å². The molecule has 0 amide bonds. The van der Waals surface area contributed by atoms with Crippen LogP contribution in [0.3, 0.4) is 0 Å². The van der Waals surface area contributed by atoms with Crippen molar-refractivity contribution < 1.29 is 26.2 Å². The Morgan fingerprint density at radius 2 is 1.80 bits per heavy atom. The summed E-state index contributed by atoms with van der Waals surface area (Å²) >= 11 is 0. The first kappa shape index (κ1) is 24.9. The Labute approximate surface area is 221 Å². The van der Waals surface area contributed by atoms with Gasteiger partial charge in [-0.3, -0.25) is 0 Å². The summed E-state index contributed by atoms with van der Waals surface area (Å²) in [5.74, 6) is 1.51. The van der Waals surface area contributed by atoms with Crippen LogP contribution in [0.25, 0.3) is 33.4 Å². The molecule has 1 N–H and O–H groups in total. The van der Waals surface area contributed by atoms with Gasteiger partial charge in [0.25, 0.3) is 0 Å². The molecule has 0 spiro atoms. The van der Waals surface area contributed by atoms with E-state index >= 15 is 0 Å². The van der Waals surface area contributed by atoms with E-state index in [0.29, 0.717) is 5.92 Å². The molecule has 0 atom stereocenters. The van der Waals surface area contributed by atoms with Crippen LogP contribution in [0.4, 0.5) is 0 Å². The molecule has 180 valence electrons. The Kier molecular flexibility index (Phi) is 7.52. The van der Waals surface area contributed by atoms with E-state index in [1.165, 1.54) is 10.9 Å². The van der Waals surface area contributed by atoms with Gasteiger partial charge in [0.1, 0.15) is 11.6 Å². The van der Waals surface area contributed by atoms with Gasteiger partial charge in [0, 0.05) is 40.5 Å². The molecule has 0 saturated carbocycles. The number of hydrogen-bond acceptors (Lipinski definition) is 3. The van der Waals surface area contributed by atoms with Gasteiger partial charge in [-0.25, -0.2) is 4.98 Å². The summed E-state index contributed by atoms with van der Waals surface area (Å²) < 4.78 is 1.97. The molecule has 0 aliphatic heterocycles. The van der Waals surface area contributed by atoms with Crippen LogP contribution in [-0.4, -0.2) is 19.6 Å². The number of phenols is 1. The number of nitrogens with zero attached hydrogens (tertiary/aromatic N) is 3. The molecule has 0 bridgehead atoms. The predicted octanol–water partition coefficient (Wildman–Crippen LogP) is 6.71. The van der Waals surface area contributed by atoms with Crippen LogP contribution in [0.2, 0.25) is 0 Å². The summed E-state index contributed by atoms with van der Waals surface area (Å²) in [5, 5.41) is 12.6. The Balaban J connectivity index is 0.00000289. The Morgan fingerprint density at radius 1 is 0.971 bits per heavy atom. The van der Waals surface area contributed by atoms with E-state index < -0.39 is 0 Å². The standard InChI is InChI=1S/C30H28N3O.Pt/c1-20(2)22-12-14-26-23(18-22)15-16-31-29(26)24-8-6-7-21(17-24)11-13-25-19-33(3)30(32-25)27-9-4-5-10-28(27)34;/h4-10,12,14-16,18-20,34H,11,13H2,1-3H3;/q-1;. The first-order valence-electron chi connectivity index (χ1n) is 11.7. The second kappa shape index (κ2) is 10.6. The molecule has 2 heterocycles. The van der Waals surface area contributed by atoms with Crippen LogP contribution >= 0.6 is 0 Å². The molecule has 5 heteroatoms. The number of para-hydroxylation sites is 1. The van der Waals surface area contributed by atoms with Crippen molar-refractivity contribution in [2.75, 3.05) is 0 Å². The fourth-order valence-corrected chi connectivity index (χ4v) is 4.40. The van der Waals surface area contributed by atoms with Crippen LogP contribution in [-0.2, 0) is 41.0 Å². The average molecular weight is 642 g/mol. The number of phenolic OH excluding ortho intramolecular Hbond substituents is 1. The van der Waals surface area contributed by atoms with Gasteiger partial charge >= 0.3 is 0 Å². The number of aromatic hydroxyl groups is 1. The molecule has 0 aliphatic carbocycles. The Morgan fingerprint density at radius 3 is 2.60 bits per heavy atom. The van der Waals surface area contributed by atoms with Gasteiger partial charge in [0.05, 0.1) is 11.3 Å². The van der Waals surface area contributed by atoms with E-state index in [0.717, 1.165) is 52.1 Å². The molecular formula is C30H28N3OPt-. The predicted molar refractivity (Wildman–Crippen MR) is 138 cm³/mol. The molecule has 0 unspecified atom stereocenters. The fraction of sp³-hybridized carbons (Fsp3) is 0.200. The van der Waals surface area contributed by atoms with E-state index in [1.54, 1.807) is 6.07 Å². The second-order valence-corrected chi connectivity index (χ2v) is 9.07. The molecule has 0 saturated heterocycles. The molecule has 5 rings (SSSR count). The smallest absolute Gasteiger partial charge is 0.143 e. The van der Waals surface area contributed by atoms with Gasteiger partial charge in [0.15, 0.2) is 0 Å². The van der Waals surface area contributed by atoms with Gasteiger partial charge in [-0.05, 0) is 59.0 Å². The molecule has 2 aromatic heterocycles. The van der Waals surface area contributed by atoms with Gasteiger partial charge in [-0.2, -0.15) is 0 Å². The monoisotopic (exact) mass is 641 g/mol. The van der Waals surface area contributed by atoms with Crippen molar-refractivity contribution >= 4 is 10.8 Å². The van der Waals surface area contributed by atoms with Gasteiger partial charge in [-0.15, -0.1) is 35.4 Å². The maximum atomic E-state index is 10.2. The molecular weight excluding hydrogens is 613 g/mol. The number of fused-ring (bicyclic) bond motifs is 1. The van der Waals surface area contributed by atoms with Crippen LogP contribution in [0.15, 0.2) is 79.1 Å². The fourth-order valence-electron chi connectivity index (χ4n) is 4.40. The van der Waals surface area contributed by atoms with Crippen LogP contribution in [0.1, 0.15) is 36.6 Å². The van der Waals surface area contributed by atoms with E-state index in [2.05, 4.69) is 62.4 Å². The summed E-state index contributed by atoms with van der Waals surface area (Å²) in [6.45, 7) is 4.43. The maximum Gasteiger partial charge on any atom is 0.143 e. The van der Waals surface area contributed by atoms with Crippen LogP contribution < -0.4 is 0 Å². The van der Waals surface area contributed by atoms with Crippen molar-refractivity contribution in [1.82, 2.24) is 14.5 Å². The summed E-state index contributed by atoms with van der Waals surface area (Å²) in [5.41, 5.74) is 6.17. The number of pyridine rings is 1. The van der Waals surface area contributed by atoms with Crippen molar-refractivity contribution in [3.8, 4) is 28.4 Å². The van der Waals surface area contributed by atoms with Gasteiger partial charge < -0.3 is 14.7 Å². The zero-order chi connectivity index (χ0) is 23.7. The molecule has 0 fully saturated rings. The minimum Gasteiger partial charge on any atom is -0.507 e. The number of aryl methyl sites for hydroxylation is 3. The zero-order valence-corrected chi connectivity index (χ0v) is 22.4. The summed E-state index contributed by atoms with van der Waals surface area (Å²) in [6.07, 6.45) is 5.54. The second-order valence-electron chi connectivity index (χ2n) is 9.07. The number of imidazole rings is 1. The SMILES string of the molecule is CC(C)c1ccc2c(-c3[c-]c(CCc4cn(C)c(-c5ccccc5O)n4)ccc3)nccc2c1.[Pt]. The van der Waals surface area contributed by atoms with E-state index in [9.17, 15) is 5.11 Å². The Bertz CT molecular complexity index is 1470. The van der Waals surface area contributed by atoms with Crippen molar-refractivity contribution in [2.24, 2.45) is 7.05 Å². The van der Waals surface area contributed by atoms with E-state index in [-0.39, 0.29) is 26.8 Å². The minimum atomic E-state index is 0. The number of hydrogen-bond donors (Lipinski definition) is 1. The largest absolute Gasteiger partial charge is 0.507 e. The average Bonchev–Trinajstić information content (AvgIpc) is 3.22. The minimum absolute atomic E-state index is 0. The molecule has 0 aliphatic rings. The summed E-state index contributed by atoms with van der Waals surface area (Å²) in [4.78, 5) is 9.47. The van der Waals surface area contributed by atoms with Crippen molar-refractivity contribution in [3.63, 3.8) is 0 Å². The Hall–Kier alpha value is -3.23. The number of aromatic nitrogens is 3. The molecule has 5 aromatic rings. The van der Waals surface area contributed by atoms with Gasteiger partial charge in [-0.1, -0.05) is 44.2 Å². The zero-order valence-electron chi connectivity index (χ0n) is 20.1. The topological polar surface area (TPSA) is 50.9 Å². The molecule has 3 aromatic carbocycles.